The second-order valence-electron chi connectivity index (χ2n) is 4.71. The summed E-state index contributed by atoms with van der Waals surface area (Å²) in [6.07, 6.45) is 4.10. The third kappa shape index (κ3) is 2.49. The highest BCUT2D eigenvalue weighted by atomic mass is 35.5. The number of likely N-dealkylation sites (tertiary alicyclic amines) is 1. The largest absolute Gasteiger partial charge is 0.298 e. The van der Waals surface area contributed by atoms with Crippen LogP contribution < -0.4 is 0 Å². The van der Waals surface area contributed by atoms with Gasteiger partial charge in [-0.25, -0.2) is 0 Å². The summed E-state index contributed by atoms with van der Waals surface area (Å²) in [4.78, 5) is 4.00. The molecule has 0 saturated carbocycles. The number of hydrogen-bond acceptors (Lipinski definition) is 2. The molecule has 1 aromatic heterocycles. The summed E-state index contributed by atoms with van der Waals surface area (Å²) in [5, 5.41) is 2.17. The minimum absolute atomic E-state index is 0.886. The molecular weight excluding hydrogens is 250 g/mol. The fraction of sp³-hybridized carbons (Fsp3) is 0.429. The van der Waals surface area contributed by atoms with Crippen LogP contribution in [0.5, 0.6) is 0 Å². The van der Waals surface area contributed by atoms with Crippen LogP contribution in [0.2, 0.25) is 5.02 Å². The second-order valence-corrected chi connectivity index (χ2v) is 6.25. The van der Waals surface area contributed by atoms with Crippen molar-refractivity contribution in [3.8, 4) is 0 Å². The summed E-state index contributed by atoms with van der Waals surface area (Å²) < 4.78 is 1.24. The minimum Gasteiger partial charge on any atom is -0.298 e. The van der Waals surface area contributed by atoms with Gasteiger partial charge in [-0.3, -0.25) is 4.90 Å². The van der Waals surface area contributed by atoms with Gasteiger partial charge in [-0.15, -0.1) is 11.3 Å². The Morgan fingerprint density at radius 1 is 1.18 bits per heavy atom. The van der Waals surface area contributed by atoms with Gasteiger partial charge in [-0.1, -0.05) is 30.2 Å². The Balaban J connectivity index is 1.83. The predicted molar refractivity (Wildman–Crippen MR) is 76.0 cm³/mol. The van der Waals surface area contributed by atoms with Crippen LogP contribution in [-0.2, 0) is 6.54 Å². The molecule has 0 N–H and O–H groups in total. The van der Waals surface area contributed by atoms with Crippen LogP contribution in [0.3, 0.4) is 0 Å². The zero-order chi connectivity index (χ0) is 11.7. The Morgan fingerprint density at radius 3 is 2.76 bits per heavy atom. The molecule has 0 unspecified atom stereocenters. The van der Waals surface area contributed by atoms with Crippen LogP contribution in [0.15, 0.2) is 24.3 Å². The van der Waals surface area contributed by atoms with Gasteiger partial charge < -0.3 is 0 Å². The standard InChI is InChI=1S/C14H16ClNS/c15-13-6-4-5-11-9-12(17-14(11)13)10-16-7-2-1-3-8-16/h4-6,9H,1-3,7-8,10H2. The Labute approximate surface area is 111 Å². The summed E-state index contributed by atoms with van der Waals surface area (Å²) in [6.45, 7) is 3.60. The third-order valence-corrected chi connectivity index (χ3v) is 4.97. The van der Waals surface area contributed by atoms with Crippen molar-refractivity contribution in [2.75, 3.05) is 13.1 Å². The zero-order valence-corrected chi connectivity index (χ0v) is 11.4. The van der Waals surface area contributed by atoms with Crippen molar-refractivity contribution in [2.24, 2.45) is 0 Å². The van der Waals surface area contributed by atoms with Gasteiger partial charge in [0.05, 0.1) is 9.72 Å². The molecule has 2 heterocycles. The Bertz CT molecular complexity index is 514. The van der Waals surface area contributed by atoms with E-state index in [4.69, 9.17) is 11.6 Å². The van der Waals surface area contributed by atoms with Crippen molar-refractivity contribution in [3.05, 3.63) is 34.2 Å². The van der Waals surface area contributed by atoms with Crippen molar-refractivity contribution in [3.63, 3.8) is 0 Å². The van der Waals surface area contributed by atoms with E-state index in [1.54, 1.807) is 0 Å². The Hall–Kier alpha value is -0.570. The molecule has 1 aromatic carbocycles. The van der Waals surface area contributed by atoms with Crippen LogP contribution in [0.1, 0.15) is 24.1 Å². The second kappa shape index (κ2) is 4.97. The van der Waals surface area contributed by atoms with E-state index in [0.29, 0.717) is 0 Å². The molecule has 1 fully saturated rings. The van der Waals surface area contributed by atoms with E-state index in [2.05, 4.69) is 17.0 Å². The number of hydrogen-bond donors (Lipinski definition) is 0. The molecule has 0 bridgehead atoms. The highest BCUT2D eigenvalue weighted by Crippen LogP contribution is 2.32. The van der Waals surface area contributed by atoms with Crippen molar-refractivity contribution >= 4 is 33.0 Å². The summed E-state index contributed by atoms with van der Waals surface area (Å²) in [7, 11) is 0. The molecule has 17 heavy (non-hydrogen) atoms. The predicted octanol–water partition coefficient (Wildman–Crippen LogP) is 4.54. The van der Waals surface area contributed by atoms with Gasteiger partial charge in [0.2, 0.25) is 0 Å². The monoisotopic (exact) mass is 265 g/mol. The lowest BCUT2D eigenvalue weighted by molar-refractivity contribution is 0.223. The van der Waals surface area contributed by atoms with Crippen LogP contribution in [0, 0.1) is 0 Å². The first-order valence-electron chi connectivity index (χ1n) is 6.22. The van der Waals surface area contributed by atoms with E-state index in [9.17, 15) is 0 Å². The third-order valence-electron chi connectivity index (χ3n) is 3.38. The molecule has 1 aliphatic rings. The first-order chi connectivity index (χ1) is 8.33. The van der Waals surface area contributed by atoms with Crippen LogP contribution in [0.25, 0.3) is 10.1 Å². The van der Waals surface area contributed by atoms with Gasteiger partial charge in [-0.05, 0) is 43.5 Å². The molecule has 3 rings (SSSR count). The molecule has 0 spiro atoms. The van der Waals surface area contributed by atoms with E-state index in [-0.39, 0.29) is 0 Å². The summed E-state index contributed by atoms with van der Waals surface area (Å²) in [5.74, 6) is 0. The van der Waals surface area contributed by atoms with E-state index >= 15 is 0 Å². The number of benzene rings is 1. The maximum absolute atomic E-state index is 6.21. The van der Waals surface area contributed by atoms with Crippen molar-refractivity contribution in [1.82, 2.24) is 4.90 Å². The lowest BCUT2D eigenvalue weighted by Crippen LogP contribution is -2.28. The molecule has 0 atom stereocenters. The fourth-order valence-electron chi connectivity index (χ4n) is 2.50. The smallest absolute Gasteiger partial charge is 0.0584 e. The Morgan fingerprint density at radius 2 is 2.00 bits per heavy atom. The first-order valence-corrected chi connectivity index (χ1v) is 7.42. The maximum atomic E-state index is 6.21. The van der Waals surface area contributed by atoms with E-state index < -0.39 is 0 Å². The number of thiophene rings is 1. The summed E-state index contributed by atoms with van der Waals surface area (Å²) >= 11 is 8.05. The summed E-state index contributed by atoms with van der Waals surface area (Å²) in [6, 6.07) is 8.45. The zero-order valence-electron chi connectivity index (χ0n) is 9.79. The van der Waals surface area contributed by atoms with Crippen LogP contribution in [-0.4, -0.2) is 18.0 Å². The highest BCUT2D eigenvalue weighted by molar-refractivity contribution is 7.19. The molecule has 3 heteroatoms. The van der Waals surface area contributed by atoms with Crippen LogP contribution >= 0.6 is 22.9 Å². The number of rotatable bonds is 2. The number of fused-ring (bicyclic) bond motifs is 1. The lowest BCUT2D eigenvalue weighted by Gasteiger charge is -2.25. The quantitative estimate of drug-likeness (QED) is 0.771. The summed E-state index contributed by atoms with van der Waals surface area (Å²) in [5.41, 5.74) is 0. The lowest BCUT2D eigenvalue weighted by atomic mass is 10.1. The first kappa shape index (κ1) is 11.5. The van der Waals surface area contributed by atoms with Gasteiger partial charge in [0, 0.05) is 11.4 Å². The minimum atomic E-state index is 0.886. The molecule has 0 radical (unpaired) electrons. The van der Waals surface area contributed by atoms with Gasteiger partial charge in [0.25, 0.3) is 0 Å². The van der Waals surface area contributed by atoms with E-state index in [1.807, 2.05) is 23.5 Å². The Kier molecular flexibility index (Phi) is 3.37. The average molecular weight is 266 g/mol. The maximum Gasteiger partial charge on any atom is 0.0584 e. The number of nitrogens with zero attached hydrogens (tertiary/aromatic N) is 1. The van der Waals surface area contributed by atoms with Crippen molar-refractivity contribution in [2.45, 2.75) is 25.8 Å². The highest BCUT2D eigenvalue weighted by Gasteiger charge is 2.12. The van der Waals surface area contributed by atoms with Gasteiger partial charge >= 0.3 is 0 Å². The molecule has 0 aliphatic carbocycles. The molecule has 1 nitrogen and oxygen atoms in total. The van der Waals surface area contributed by atoms with Gasteiger partial charge in [0.1, 0.15) is 0 Å². The SMILES string of the molecule is Clc1cccc2cc(CN3CCCCC3)sc12. The topological polar surface area (TPSA) is 3.24 Å². The molecule has 0 amide bonds. The van der Waals surface area contributed by atoms with Gasteiger partial charge in [0.15, 0.2) is 0 Å². The fourth-order valence-corrected chi connectivity index (χ4v) is 3.90. The van der Waals surface area contributed by atoms with Crippen LogP contribution in [0.4, 0.5) is 0 Å². The normalized spacial score (nSPS) is 17.7. The number of piperidine rings is 1. The van der Waals surface area contributed by atoms with Crippen molar-refractivity contribution in [1.29, 1.82) is 0 Å². The number of halogens is 1. The van der Waals surface area contributed by atoms with Crippen molar-refractivity contribution < 1.29 is 0 Å². The molecule has 1 aliphatic heterocycles. The van der Waals surface area contributed by atoms with E-state index in [1.165, 1.54) is 47.3 Å². The average Bonchev–Trinajstić information content (AvgIpc) is 2.74. The van der Waals surface area contributed by atoms with Gasteiger partial charge in [-0.2, -0.15) is 0 Å². The molecule has 2 aromatic rings. The molecular formula is C14H16ClNS. The molecule has 90 valence electrons. The molecule has 1 saturated heterocycles. The van der Waals surface area contributed by atoms with E-state index in [0.717, 1.165) is 11.6 Å².